The van der Waals surface area contributed by atoms with Gasteiger partial charge in [-0.05, 0) is 31.0 Å². The molecular weight excluding hydrogens is 226 g/mol. The molecule has 3 heteroatoms. The zero-order valence-electron chi connectivity index (χ0n) is 10.7. The summed E-state index contributed by atoms with van der Waals surface area (Å²) in [5.74, 6) is 0.0665. The number of phenols is 1. The van der Waals surface area contributed by atoms with E-state index in [1.165, 1.54) is 38.2 Å². The molecule has 0 unspecified atom stereocenters. The zero-order chi connectivity index (χ0) is 12.8. The van der Waals surface area contributed by atoms with Crippen LogP contribution in [0.1, 0.15) is 55.3 Å². The summed E-state index contributed by atoms with van der Waals surface area (Å²) >= 11 is 0. The van der Waals surface area contributed by atoms with Gasteiger partial charge < -0.3 is 10.4 Å². The van der Waals surface area contributed by atoms with Gasteiger partial charge in [0.2, 0.25) is 0 Å². The predicted octanol–water partition coefficient (Wildman–Crippen LogP) is 3.23. The Hall–Kier alpha value is -1.51. The number of hydrogen-bond acceptors (Lipinski definition) is 2. The monoisotopic (exact) mass is 247 g/mol. The fourth-order valence-corrected chi connectivity index (χ4v) is 2.52. The standard InChI is InChI=1S/C15H21NO2/c17-14-10-6-7-12(11-14)15(18)16-13-8-4-2-1-3-5-9-13/h6-7,10-11,13,17H,1-5,8-9H2,(H,16,18). The van der Waals surface area contributed by atoms with Gasteiger partial charge in [0.15, 0.2) is 0 Å². The first-order valence-electron chi connectivity index (χ1n) is 6.85. The van der Waals surface area contributed by atoms with Crippen LogP contribution in [-0.4, -0.2) is 17.1 Å². The zero-order valence-corrected chi connectivity index (χ0v) is 10.7. The summed E-state index contributed by atoms with van der Waals surface area (Å²) in [6.45, 7) is 0. The lowest BCUT2D eigenvalue weighted by Crippen LogP contribution is -2.35. The molecule has 1 amide bonds. The van der Waals surface area contributed by atoms with Gasteiger partial charge >= 0.3 is 0 Å². The molecule has 2 N–H and O–H groups in total. The van der Waals surface area contributed by atoms with Crippen molar-refractivity contribution < 1.29 is 9.90 Å². The second kappa shape index (κ2) is 6.43. The van der Waals surface area contributed by atoms with E-state index in [-0.39, 0.29) is 11.7 Å². The Balaban J connectivity index is 1.93. The summed E-state index contributed by atoms with van der Waals surface area (Å²) < 4.78 is 0. The lowest BCUT2D eigenvalue weighted by Gasteiger charge is -2.21. The lowest BCUT2D eigenvalue weighted by molar-refractivity contribution is 0.0930. The van der Waals surface area contributed by atoms with E-state index >= 15 is 0 Å². The molecule has 0 heterocycles. The first-order valence-corrected chi connectivity index (χ1v) is 6.85. The van der Waals surface area contributed by atoms with Gasteiger partial charge in [0.25, 0.3) is 5.91 Å². The molecular formula is C15H21NO2. The minimum absolute atomic E-state index is 0.0727. The van der Waals surface area contributed by atoms with E-state index in [0.717, 1.165) is 12.8 Å². The molecule has 1 fully saturated rings. The van der Waals surface area contributed by atoms with Crippen LogP contribution < -0.4 is 5.32 Å². The number of nitrogens with one attached hydrogen (secondary N) is 1. The van der Waals surface area contributed by atoms with Crippen molar-refractivity contribution in [3.05, 3.63) is 29.8 Å². The molecule has 1 aromatic carbocycles. The highest BCUT2D eigenvalue weighted by molar-refractivity contribution is 5.94. The Kier molecular flexibility index (Phi) is 4.62. The van der Waals surface area contributed by atoms with Crippen LogP contribution in [0.3, 0.4) is 0 Å². The van der Waals surface area contributed by atoms with Crippen molar-refractivity contribution in [2.45, 2.75) is 51.0 Å². The molecule has 1 aromatic rings. The maximum atomic E-state index is 12.0. The molecule has 0 aromatic heterocycles. The summed E-state index contributed by atoms with van der Waals surface area (Å²) in [5, 5.41) is 12.5. The third-order valence-electron chi connectivity index (χ3n) is 3.55. The van der Waals surface area contributed by atoms with Crippen molar-refractivity contribution in [1.82, 2.24) is 5.32 Å². The van der Waals surface area contributed by atoms with E-state index < -0.39 is 0 Å². The summed E-state index contributed by atoms with van der Waals surface area (Å²) in [6.07, 6.45) is 8.43. The van der Waals surface area contributed by atoms with E-state index in [0.29, 0.717) is 11.6 Å². The molecule has 3 nitrogen and oxygen atoms in total. The Bertz CT molecular complexity index is 395. The summed E-state index contributed by atoms with van der Waals surface area (Å²) in [4.78, 5) is 12.0. The van der Waals surface area contributed by atoms with Crippen LogP contribution in [0.25, 0.3) is 0 Å². The van der Waals surface area contributed by atoms with Crippen molar-refractivity contribution in [2.75, 3.05) is 0 Å². The van der Waals surface area contributed by atoms with Crippen LogP contribution in [0, 0.1) is 0 Å². The molecule has 98 valence electrons. The maximum Gasteiger partial charge on any atom is 0.251 e. The Morgan fingerprint density at radius 2 is 1.78 bits per heavy atom. The van der Waals surface area contributed by atoms with Crippen LogP contribution >= 0.6 is 0 Å². The minimum Gasteiger partial charge on any atom is -0.508 e. The molecule has 1 aliphatic carbocycles. The number of rotatable bonds is 2. The third kappa shape index (κ3) is 3.76. The lowest BCUT2D eigenvalue weighted by atomic mass is 9.96. The maximum absolute atomic E-state index is 12.0. The van der Waals surface area contributed by atoms with Crippen LogP contribution in [0.4, 0.5) is 0 Å². The van der Waals surface area contributed by atoms with Crippen molar-refractivity contribution in [3.63, 3.8) is 0 Å². The number of hydrogen-bond donors (Lipinski definition) is 2. The Morgan fingerprint density at radius 1 is 1.11 bits per heavy atom. The SMILES string of the molecule is O=C(NC1CCCCCCC1)c1cccc(O)c1. The molecule has 0 atom stereocenters. The summed E-state index contributed by atoms with van der Waals surface area (Å²) in [5.41, 5.74) is 0.539. The van der Waals surface area contributed by atoms with Gasteiger partial charge in [-0.2, -0.15) is 0 Å². The molecule has 0 bridgehead atoms. The van der Waals surface area contributed by atoms with Crippen LogP contribution in [0.15, 0.2) is 24.3 Å². The minimum atomic E-state index is -0.0727. The predicted molar refractivity (Wildman–Crippen MR) is 71.7 cm³/mol. The summed E-state index contributed by atoms with van der Waals surface area (Å²) in [7, 11) is 0. The second-order valence-electron chi connectivity index (χ2n) is 5.07. The molecule has 18 heavy (non-hydrogen) atoms. The van der Waals surface area contributed by atoms with Gasteiger partial charge in [-0.1, -0.05) is 38.2 Å². The van der Waals surface area contributed by atoms with E-state index in [9.17, 15) is 9.90 Å². The number of aromatic hydroxyl groups is 1. The Morgan fingerprint density at radius 3 is 2.44 bits per heavy atom. The highest BCUT2D eigenvalue weighted by Gasteiger charge is 2.15. The van der Waals surface area contributed by atoms with Crippen molar-refractivity contribution >= 4 is 5.91 Å². The van der Waals surface area contributed by atoms with E-state index in [1.54, 1.807) is 18.2 Å². The molecule has 0 aliphatic heterocycles. The highest BCUT2D eigenvalue weighted by Crippen LogP contribution is 2.18. The molecule has 0 spiro atoms. The van der Waals surface area contributed by atoms with Gasteiger partial charge in [-0.15, -0.1) is 0 Å². The van der Waals surface area contributed by atoms with E-state index in [4.69, 9.17) is 0 Å². The number of carbonyl (C=O) groups excluding carboxylic acids is 1. The highest BCUT2D eigenvalue weighted by atomic mass is 16.3. The molecule has 1 aliphatic rings. The van der Waals surface area contributed by atoms with Crippen molar-refractivity contribution in [1.29, 1.82) is 0 Å². The van der Waals surface area contributed by atoms with Gasteiger partial charge in [0.05, 0.1) is 0 Å². The molecule has 0 radical (unpaired) electrons. The number of phenolic OH excluding ortho intramolecular Hbond substituents is 1. The van der Waals surface area contributed by atoms with Gasteiger partial charge in [-0.25, -0.2) is 0 Å². The van der Waals surface area contributed by atoms with Crippen LogP contribution in [0.5, 0.6) is 5.75 Å². The number of benzene rings is 1. The first-order chi connectivity index (χ1) is 8.75. The first kappa shape index (κ1) is 12.9. The third-order valence-corrected chi connectivity index (χ3v) is 3.55. The smallest absolute Gasteiger partial charge is 0.251 e. The fourth-order valence-electron chi connectivity index (χ4n) is 2.52. The summed E-state index contributed by atoms with van der Waals surface area (Å²) in [6, 6.07) is 6.81. The average molecular weight is 247 g/mol. The molecule has 0 saturated heterocycles. The van der Waals surface area contributed by atoms with Crippen LogP contribution in [-0.2, 0) is 0 Å². The van der Waals surface area contributed by atoms with Gasteiger partial charge in [-0.3, -0.25) is 4.79 Å². The van der Waals surface area contributed by atoms with E-state index in [1.807, 2.05) is 0 Å². The van der Waals surface area contributed by atoms with Crippen LogP contribution in [0.2, 0.25) is 0 Å². The largest absolute Gasteiger partial charge is 0.508 e. The topological polar surface area (TPSA) is 49.3 Å². The normalized spacial score (nSPS) is 17.8. The van der Waals surface area contributed by atoms with Crippen molar-refractivity contribution in [2.24, 2.45) is 0 Å². The van der Waals surface area contributed by atoms with E-state index in [2.05, 4.69) is 5.32 Å². The average Bonchev–Trinajstić information content (AvgIpc) is 2.32. The molecule has 2 rings (SSSR count). The van der Waals surface area contributed by atoms with Gasteiger partial charge in [0.1, 0.15) is 5.75 Å². The Labute approximate surface area is 108 Å². The number of carbonyl (C=O) groups is 1. The number of amides is 1. The molecule has 1 saturated carbocycles. The quantitative estimate of drug-likeness (QED) is 0.843. The fraction of sp³-hybridized carbons (Fsp3) is 0.533. The van der Waals surface area contributed by atoms with Gasteiger partial charge in [0, 0.05) is 11.6 Å². The second-order valence-corrected chi connectivity index (χ2v) is 5.07. The van der Waals surface area contributed by atoms with Crippen molar-refractivity contribution in [3.8, 4) is 5.75 Å².